The van der Waals surface area contributed by atoms with Crippen LogP contribution in [0.4, 0.5) is 4.39 Å². The minimum atomic E-state index is -0.199. The molecule has 3 unspecified atom stereocenters. The Morgan fingerprint density at radius 1 is 1.26 bits per heavy atom. The lowest BCUT2D eigenvalue weighted by Crippen LogP contribution is -2.42. The smallest absolute Gasteiger partial charge is 0.193 e. The number of benzene rings is 1. The first-order valence-corrected chi connectivity index (χ1v) is 10.7. The van der Waals surface area contributed by atoms with Crippen LogP contribution in [0.25, 0.3) is 0 Å². The van der Waals surface area contributed by atoms with Crippen LogP contribution in [-0.4, -0.2) is 61.6 Å². The van der Waals surface area contributed by atoms with Crippen molar-refractivity contribution in [1.29, 1.82) is 0 Å². The fourth-order valence-corrected chi connectivity index (χ4v) is 4.99. The first-order valence-electron chi connectivity index (χ1n) is 10.3. The van der Waals surface area contributed by atoms with Crippen LogP contribution in [0.1, 0.15) is 43.6 Å². The van der Waals surface area contributed by atoms with Gasteiger partial charge in [-0.05, 0) is 56.8 Å². The Balaban J connectivity index is 1.30. The predicted octanol–water partition coefficient (Wildman–Crippen LogP) is 3.72. The molecule has 4 rings (SSSR count). The fourth-order valence-electron chi connectivity index (χ4n) is 4.68. The molecule has 3 atom stereocenters. The summed E-state index contributed by atoms with van der Waals surface area (Å²) in [5, 5.41) is 4.08. The lowest BCUT2D eigenvalue weighted by atomic mass is 10.1. The predicted molar refractivity (Wildman–Crippen MR) is 109 cm³/mol. The average molecular weight is 393 g/mol. The van der Waals surface area contributed by atoms with E-state index in [1.165, 1.54) is 51.4 Å². The van der Waals surface area contributed by atoms with Gasteiger partial charge < -0.3 is 15.1 Å². The van der Waals surface area contributed by atoms with E-state index in [0.717, 1.165) is 31.4 Å². The van der Waals surface area contributed by atoms with Gasteiger partial charge in [0, 0.05) is 49.2 Å². The molecule has 1 aromatic rings. The van der Waals surface area contributed by atoms with Gasteiger partial charge in [0.05, 0.1) is 0 Å². The quantitative estimate of drug-likeness (QED) is 0.625. The first-order chi connectivity index (χ1) is 13.2. The normalized spacial score (nSPS) is 29.2. The summed E-state index contributed by atoms with van der Waals surface area (Å²) in [6.07, 6.45) is 6.22. The zero-order chi connectivity index (χ0) is 18.8. The van der Waals surface area contributed by atoms with E-state index < -0.39 is 0 Å². The summed E-state index contributed by atoms with van der Waals surface area (Å²) in [6, 6.07) is 5.16. The summed E-state index contributed by atoms with van der Waals surface area (Å²) in [5.74, 6) is 1.62. The number of aliphatic imine (C=N–C) groups is 1. The summed E-state index contributed by atoms with van der Waals surface area (Å²) in [6.45, 7) is 5.85. The van der Waals surface area contributed by atoms with Crippen molar-refractivity contribution < 1.29 is 4.39 Å². The largest absolute Gasteiger partial charge is 0.353 e. The molecule has 0 aromatic heterocycles. The molecule has 0 bridgehead atoms. The maximum Gasteiger partial charge on any atom is 0.193 e. The summed E-state index contributed by atoms with van der Waals surface area (Å²) >= 11 is 6.23. The third-order valence-corrected chi connectivity index (χ3v) is 6.57. The van der Waals surface area contributed by atoms with Crippen LogP contribution in [-0.2, 0) is 0 Å². The Morgan fingerprint density at radius 2 is 2.07 bits per heavy atom. The molecule has 0 radical (unpaired) electrons. The van der Waals surface area contributed by atoms with Gasteiger partial charge in [-0.1, -0.05) is 24.1 Å². The van der Waals surface area contributed by atoms with Crippen LogP contribution in [0.2, 0.25) is 5.02 Å². The second-order valence-electron chi connectivity index (χ2n) is 8.24. The molecule has 1 aliphatic carbocycles. The van der Waals surface area contributed by atoms with E-state index in [2.05, 4.69) is 20.1 Å². The summed E-state index contributed by atoms with van der Waals surface area (Å²) < 4.78 is 14.2. The van der Waals surface area contributed by atoms with Crippen molar-refractivity contribution >= 4 is 17.6 Å². The Hall–Kier alpha value is -1.33. The number of nitrogens with one attached hydrogen (secondary N) is 1. The molecule has 0 amide bonds. The zero-order valence-electron chi connectivity index (χ0n) is 16.1. The minimum Gasteiger partial charge on any atom is -0.353 e. The summed E-state index contributed by atoms with van der Waals surface area (Å²) in [5.41, 5.74) is 0.650. The van der Waals surface area contributed by atoms with Gasteiger partial charge in [-0.25, -0.2) is 4.39 Å². The highest BCUT2D eigenvalue weighted by Crippen LogP contribution is 2.45. The number of hydrogen-bond donors (Lipinski definition) is 1. The van der Waals surface area contributed by atoms with Gasteiger partial charge in [0.25, 0.3) is 0 Å². The second kappa shape index (κ2) is 8.36. The van der Waals surface area contributed by atoms with Crippen molar-refractivity contribution in [1.82, 2.24) is 15.1 Å². The molecule has 27 heavy (non-hydrogen) atoms. The third-order valence-electron chi connectivity index (χ3n) is 6.24. The molecule has 0 spiro atoms. The monoisotopic (exact) mass is 392 g/mol. The van der Waals surface area contributed by atoms with Gasteiger partial charge in [-0.2, -0.15) is 0 Å². The molecule has 4 nitrogen and oxygen atoms in total. The lowest BCUT2D eigenvalue weighted by molar-refractivity contribution is 0.198. The van der Waals surface area contributed by atoms with Gasteiger partial charge in [0.15, 0.2) is 5.96 Å². The Morgan fingerprint density at radius 3 is 2.81 bits per heavy atom. The van der Waals surface area contributed by atoms with E-state index in [9.17, 15) is 4.39 Å². The van der Waals surface area contributed by atoms with E-state index in [-0.39, 0.29) is 17.8 Å². The number of guanidine groups is 1. The molecule has 2 aliphatic heterocycles. The molecule has 1 N–H and O–H groups in total. The molecule has 2 saturated heterocycles. The molecule has 3 aliphatic rings. The molecule has 1 saturated carbocycles. The zero-order valence-corrected chi connectivity index (χ0v) is 16.9. The minimum absolute atomic E-state index is 0.141. The molecule has 3 fully saturated rings. The molecule has 148 valence electrons. The van der Waals surface area contributed by atoms with Crippen molar-refractivity contribution in [2.24, 2.45) is 10.9 Å². The summed E-state index contributed by atoms with van der Waals surface area (Å²) in [4.78, 5) is 9.49. The number of likely N-dealkylation sites (tertiary alicyclic amines) is 2. The molecular formula is C21H30ClFN4. The fraction of sp³-hybridized carbons (Fsp3) is 0.667. The number of hydrogen-bond acceptors (Lipinski definition) is 2. The number of nitrogens with zero attached hydrogens (tertiary/aromatic N) is 3. The van der Waals surface area contributed by atoms with Crippen LogP contribution in [0.3, 0.4) is 0 Å². The van der Waals surface area contributed by atoms with Crippen molar-refractivity contribution in [3.63, 3.8) is 0 Å². The number of halogens is 2. The van der Waals surface area contributed by atoms with E-state index in [4.69, 9.17) is 11.6 Å². The van der Waals surface area contributed by atoms with E-state index in [1.54, 1.807) is 12.1 Å². The summed E-state index contributed by atoms with van der Waals surface area (Å²) in [7, 11) is 1.84. The van der Waals surface area contributed by atoms with Gasteiger partial charge in [-0.15, -0.1) is 0 Å². The molecular weight excluding hydrogens is 363 g/mol. The molecule has 1 aromatic carbocycles. The maximum atomic E-state index is 14.2. The van der Waals surface area contributed by atoms with Crippen molar-refractivity contribution in [3.05, 3.63) is 34.6 Å². The van der Waals surface area contributed by atoms with Crippen LogP contribution in [0, 0.1) is 11.7 Å². The lowest BCUT2D eigenvalue weighted by Gasteiger charge is -2.29. The Kier molecular flexibility index (Phi) is 5.88. The van der Waals surface area contributed by atoms with Crippen molar-refractivity contribution in [2.45, 2.75) is 44.1 Å². The SMILES string of the molecule is CN=C(NC1CC1c1c(F)cccc1Cl)N1CCC(CN2CCCCC2)C1. The van der Waals surface area contributed by atoms with Crippen LogP contribution < -0.4 is 5.32 Å². The van der Waals surface area contributed by atoms with Crippen molar-refractivity contribution in [3.8, 4) is 0 Å². The highest BCUT2D eigenvalue weighted by atomic mass is 35.5. The van der Waals surface area contributed by atoms with E-state index >= 15 is 0 Å². The highest BCUT2D eigenvalue weighted by molar-refractivity contribution is 6.31. The third kappa shape index (κ3) is 4.40. The van der Waals surface area contributed by atoms with Gasteiger partial charge in [0.1, 0.15) is 5.82 Å². The van der Waals surface area contributed by atoms with Gasteiger partial charge >= 0.3 is 0 Å². The van der Waals surface area contributed by atoms with Gasteiger partial charge in [0.2, 0.25) is 0 Å². The van der Waals surface area contributed by atoms with Crippen LogP contribution in [0.5, 0.6) is 0 Å². The Labute approximate surface area is 166 Å². The van der Waals surface area contributed by atoms with Crippen LogP contribution >= 0.6 is 11.6 Å². The first kappa shape index (κ1) is 19.0. The van der Waals surface area contributed by atoms with E-state index in [0.29, 0.717) is 10.6 Å². The Bertz CT molecular complexity index is 669. The number of rotatable bonds is 4. The van der Waals surface area contributed by atoms with Crippen LogP contribution in [0.15, 0.2) is 23.2 Å². The maximum absolute atomic E-state index is 14.2. The molecule has 6 heteroatoms. The second-order valence-corrected chi connectivity index (χ2v) is 8.64. The van der Waals surface area contributed by atoms with E-state index in [1.807, 2.05) is 7.05 Å². The number of piperidine rings is 1. The molecule has 2 heterocycles. The topological polar surface area (TPSA) is 30.9 Å². The standard InChI is InChI=1S/C21H30ClFN4/c1-24-21(25-19-12-16(19)20-17(22)6-5-7-18(20)23)27-11-8-15(14-27)13-26-9-3-2-4-10-26/h5-7,15-16,19H,2-4,8-14H2,1H3,(H,24,25). The highest BCUT2D eigenvalue weighted by Gasteiger charge is 2.42. The van der Waals surface area contributed by atoms with Gasteiger partial charge in [-0.3, -0.25) is 4.99 Å². The average Bonchev–Trinajstić information content (AvgIpc) is 3.26. The van der Waals surface area contributed by atoms with Crippen molar-refractivity contribution in [2.75, 3.05) is 39.8 Å².